The molecule has 2 aromatic rings. The first-order chi connectivity index (χ1) is 12.0. The number of carboxylic acid groups (broad SMARTS) is 1. The summed E-state index contributed by atoms with van der Waals surface area (Å²) in [7, 11) is 0. The predicted octanol–water partition coefficient (Wildman–Crippen LogP) is 3.73. The fourth-order valence-corrected chi connectivity index (χ4v) is 3.29. The summed E-state index contributed by atoms with van der Waals surface area (Å²) >= 11 is 6.12. The summed E-state index contributed by atoms with van der Waals surface area (Å²) in [6, 6.07) is 13.5. The van der Waals surface area contributed by atoms with Crippen LogP contribution in [0.1, 0.15) is 28.8 Å². The van der Waals surface area contributed by atoms with Gasteiger partial charge in [-0.2, -0.15) is 0 Å². The molecule has 5 nitrogen and oxygen atoms in total. The maximum atomic E-state index is 13.1. The van der Waals surface area contributed by atoms with Gasteiger partial charge in [0, 0.05) is 23.9 Å². The van der Waals surface area contributed by atoms with Crippen LogP contribution in [-0.4, -0.2) is 30.2 Å². The van der Waals surface area contributed by atoms with E-state index in [-0.39, 0.29) is 11.5 Å². The maximum Gasteiger partial charge on any atom is 0.335 e. The lowest BCUT2D eigenvalue weighted by Crippen LogP contribution is -2.44. The van der Waals surface area contributed by atoms with Gasteiger partial charge < -0.3 is 15.2 Å². The molecule has 1 amide bonds. The lowest BCUT2D eigenvalue weighted by molar-refractivity contribution is -0.125. The van der Waals surface area contributed by atoms with Gasteiger partial charge >= 0.3 is 5.97 Å². The monoisotopic (exact) mass is 359 g/mol. The van der Waals surface area contributed by atoms with Crippen molar-refractivity contribution in [2.45, 2.75) is 18.3 Å². The number of amides is 1. The Morgan fingerprint density at radius 3 is 2.36 bits per heavy atom. The van der Waals surface area contributed by atoms with Gasteiger partial charge in [0.15, 0.2) is 0 Å². The van der Waals surface area contributed by atoms with Crippen LogP contribution < -0.4 is 5.32 Å². The molecule has 25 heavy (non-hydrogen) atoms. The lowest BCUT2D eigenvalue weighted by atomic mass is 9.73. The van der Waals surface area contributed by atoms with E-state index in [4.69, 9.17) is 21.4 Å². The van der Waals surface area contributed by atoms with Crippen LogP contribution in [0.15, 0.2) is 48.5 Å². The molecule has 0 bridgehead atoms. The van der Waals surface area contributed by atoms with Gasteiger partial charge in [0.1, 0.15) is 0 Å². The Labute approximate surface area is 150 Å². The van der Waals surface area contributed by atoms with E-state index < -0.39 is 11.4 Å². The van der Waals surface area contributed by atoms with Crippen LogP contribution in [0.5, 0.6) is 0 Å². The highest BCUT2D eigenvalue weighted by atomic mass is 35.5. The molecule has 1 saturated heterocycles. The number of rotatable bonds is 4. The number of nitrogens with one attached hydrogen (secondary N) is 1. The molecule has 0 atom stereocenters. The molecule has 0 radical (unpaired) electrons. The molecule has 2 aromatic carbocycles. The second-order valence-electron chi connectivity index (χ2n) is 6.04. The highest BCUT2D eigenvalue weighted by Crippen LogP contribution is 2.37. The Balaban J connectivity index is 1.88. The Morgan fingerprint density at radius 2 is 1.76 bits per heavy atom. The molecule has 2 N–H and O–H groups in total. The summed E-state index contributed by atoms with van der Waals surface area (Å²) < 4.78 is 5.44. The van der Waals surface area contributed by atoms with Crippen LogP contribution in [0.2, 0.25) is 5.02 Å². The smallest absolute Gasteiger partial charge is 0.335 e. The SMILES string of the molecule is O=C(O)c1ccc(NC(=O)C2(c3cccc(Cl)c3)CCOCC2)cc1. The minimum atomic E-state index is -1.00. The standard InChI is InChI=1S/C19H18ClNO4/c20-15-3-1-2-14(12-15)19(8-10-25-11-9-19)18(24)21-16-6-4-13(5-7-16)17(22)23/h1-7,12H,8-11H2,(H,21,24)(H,22,23). The van der Waals surface area contributed by atoms with Crippen LogP contribution in [0.4, 0.5) is 5.69 Å². The van der Waals surface area contributed by atoms with Gasteiger partial charge in [0.25, 0.3) is 0 Å². The number of benzene rings is 2. The van der Waals surface area contributed by atoms with E-state index in [1.807, 2.05) is 18.2 Å². The van der Waals surface area contributed by atoms with Gasteiger partial charge in [-0.15, -0.1) is 0 Å². The molecule has 0 aromatic heterocycles. The first-order valence-corrected chi connectivity index (χ1v) is 8.38. The zero-order valence-corrected chi connectivity index (χ0v) is 14.3. The molecular weight excluding hydrogens is 342 g/mol. The fraction of sp³-hybridized carbons (Fsp3) is 0.263. The Bertz CT molecular complexity index is 782. The summed E-state index contributed by atoms with van der Waals surface area (Å²) in [5, 5.41) is 12.5. The van der Waals surface area contributed by atoms with Crippen LogP contribution >= 0.6 is 11.6 Å². The van der Waals surface area contributed by atoms with E-state index in [1.54, 1.807) is 18.2 Å². The van der Waals surface area contributed by atoms with Crippen molar-refractivity contribution in [1.29, 1.82) is 0 Å². The highest BCUT2D eigenvalue weighted by molar-refractivity contribution is 6.30. The van der Waals surface area contributed by atoms with Crippen molar-refractivity contribution in [3.63, 3.8) is 0 Å². The second-order valence-corrected chi connectivity index (χ2v) is 6.48. The summed E-state index contributed by atoms with van der Waals surface area (Å²) in [4.78, 5) is 24.0. The van der Waals surface area contributed by atoms with Crippen molar-refractivity contribution in [3.05, 3.63) is 64.7 Å². The number of aromatic carboxylic acids is 1. The average Bonchev–Trinajstić information content (AvgIpc) is 2.62. The number of ether oxygens (including phenoxy) is 1. The topological polar surface area (TPSA) is 75.6 Å². The maximum absolute atomic E-state index is 13.1. The third kappa shape index (κ3) is 3.67. The summed E-state index contributed by atoms with van der Waals surface area (Å²) in [6.07, 6.45) is 1.12. The quantitative estimate of drug-likeness (QED) is 0.872. The van der Waals surface area contributed by atoms with E-state index in [9.17, 15) is 9.59 Å². The van der Waals surface area contributed by atoms with Crippen molar-refractivity contribution in [2.24, 2.45) is 0 Å². The Morgan fingerprint density at radius 1 is 1.08 bits per heavy atom. The zero-order chi connectivity index (χ0) is 17.9. The fourth-order valence-electron chi connectivity index (χ4n) is 3.10. The van der Waals surface area contributed by atoms with Crippen LogP contribution in [0, 0.1) is 0 Å². The summed E-state index contributed by atoms with van der Waals surface area (Å²) in [5.74, 6) is -1.14. The van der Waals surface area contributed by atoms with Crippen molar-refractivity contribution < 1.29 is 19.4 Å². The molecule has 0 aliphatic carbocycles. The Kier molecular flexibility index (Phi) is 5.06. The van der Waals surface area contributed by atoms with Gasteiger partial charge in [0.2, 0.25) is 5.91 Å². The largest absolute Gasteiger partial charge is 0.478 e. The second kappa shape index (κ2) is 7.25. The number of halogens is 1. The predicted molar refractivity (Wildman–Crippen MR) is 95.2 cm³/mol. The number of hydrogen-bond donors (Lipinski definition) is 2. The normalized spacial score (nSPS) is 16.2. The number of carbonyl (C=O) groups is 2. The number of hydrogen-bond acceptors (Lipinski definition) is 3. The molecule has 1 fully saturated rings. The minimum absolute atomic E-state index is 0.138. The van der Waals surface area contributed by atoms with Gasteiger partial charge in [-0.1, -0.05) is 23.7 Å². The lowest BCUT2D eigenvalue weighted by Gasteiger charge is -2.36. The first-order valence-electron chi connectivity index (χ1n) is 8.00. The van der Waals surface area contributed by atoms with E-state index in [0.29, 0.717) is 36.8 Å². The Hall–Kier alpha value is -2.37. The molecule has 0 spiro atoms. The van der Waals surface area contributed by atoms with Crippen LogP contribution in [0.25, 0.3) is 0 Å². The van der Waals surface area contributed by atoms with E-state index >= 15 is 0 Å². The number of carbonyl (C=O) groups excluding carboxylic acids is 1. The van der Waals surface area contributed by atoms with Crippen molar-refractivity contribution in [1.82, 2.24) is 0 Å². The molecular formula is C19H18ClNO4. The molecule has 0 saturated carbocycles. The molecule has 0 unspecified atom stereocenters. The molecule has 130 valence electrons. The van der Waals surface area contributed by atoms with Crippen LogP contribution in [0.3, 0.4) is 0 Å². The third-order valence-electron chi connectivity index (χ3n) is 4.55. The third-order valence-corrected chi connectivity index (χ3v) is 4.78. The highest BCUT2D eigenvalue weighted by Gasteiger charge is 2.41. The summed E-state index contributed by atoms with van der Waals surface area (Å²) in [5.41, 5.74) is 0.883. The number of anilines is 1. The van der Waals surface area contributed by atoms with Gasteiger partial charge in [0.05, 0.1) is 11.0 Å². The molecule has 1 aliphatic heterocycles. The van der Waals surface area contributed by atoms with Gasteiger partial charge in [-0.25, -0.2) is 4.79 Å². The van der Waals surface area contributed by atoms with E-state index in [1.165, 1.54) is 12.1 Å². The molecule has 1 aliphatic rings. The van der Waals surface area contributed by atoms with E-state index in [0.717, 1.165) is 5.56 Å². The summed E-state index contributed by atoms with van der Waals surface area (Å²) in [6.45, 7) is 0.996. The van der Waals surface area contributed by atoms with E-state index in [2.05, 4.69) is 5.32 Å². The van der Waals surface area contributed by atoms with Gasteiger partial charge in [-0.3, -0.25) is 4.79 Å². The zero-order valence-electron chi connectivity index (χ0n) is 13.5. The molecule has 3 rings (SSSR count). The minimum Gasteiger partial charge on any atom is -0.478 e. The first kappa shape index (κ1) is 17.5. The van der Waals surface area contributed by atoms with Crippen molar-refractivity contribution >= 4 is 29.2 Å². The number of carboxylic acids is 1. The van der Waals surface area contributed by atoms with Crippen molar-refractivity contribution in [2.75, 3.05) is 18.5 Å². The van der Waals surface area contributed by atoms with Gasteiger partial charge in [-0.05, 0) is 54.8 Å². The molecule has 6 heteroatoms. The van der Waals surface area contributed by atoms with Crippen molar-refractivity contribution in [3.8, 4) is 0 Å². The molecule has 1 heterocycles. The average molecular weight is 360 g/mol. The van der Waals surface area contributed by atoms with Crippen LogP contribution in [-0.2, 0) is 14.9 Å².